The van der Waals surface area contributed by atoms with E-state index >= 15 is 0 Å². The molecule has 1 aliphatic rings. The van der Waals surface area contributed by atoms with E-state index in [1.54, 1.807) is 48.2 Å². The van der Waals surface area contributed by atoms with Crippen molar-refractivity contribution in [2.24, 2.45) is 0 Å². The Morgan fingerprint density at radius 1 is 1.03 bits per heavy atom. The maximum absolute atomic E-state index is 12.8. The summed E-state index contributed by atoms with van der Waals surface area (Å²) < 4.78 is 4.95. The number of nitrogens with one attached hydrogen (secondary N) is 1. The number of thioether (sulfide) groups is 1. The number of rotatable bonds is 8. The highest BCUT2D eigenvalue weighted by Crippen LogP contribution is 2.36. The fraction of sp³-hybridized carbons (Fsp3) is 0.333. The van der Waals surface area contributed by atoms with Crippen LogP contribution in [0.2, 0.25) is 0 Å². The Morgan fingerprint density at radius 3 is 2.33 bits per heavy atom. The van der Waals surface area contributed by atoms with E-state index in [0.29, 0.717) is 35.6 Å². The van der Waals surface area contributed by atoms with E-state index in [2.05, 4.69) is 5.32 Å². The van der Waals surface area contributed by atoms with Crippen LogP contribution in [0.5, 0.6) is 0 Å². The molecule has 0 spiro atoms. The van der Waals surface area contributed by atoms with Crippen molar-refractivity contribution in [3.63, 3.8) is 0 Å². The topological polar surface area (TPSA) is 96.0 Å². The van der Waals surface area contributed by atoms with E-state index in [9.17, 15) is 19.2 Å². The van der Waals surface area contributed by atoms with Gasteiger partial charge in [0.2, 0.25) is 11.8 Å². The molecule has 174 valence electrons. The van der Waals surface area contributed by atoms with Crippen LogP contribution in [-0.4, -0.2) is 60.6 Å². The summed E-state index contributed by atoms with van der Waals surface area (Å²) in [6, 6.07) is 11.6. The number of hydrogen-bond donors (Lipinski definition) is 1. The molecule has 33 heavy (non-hydrogen) atoms. The maximum atomic E-state index is 12.8. The molecule has 0 radical (unpaired) electrons. The van der Waals surface area contributed by atoms with Gasteiger partial charge in [-0.2, -0.15) is 0 Å². The number of benzene rings is 2. The van der Waals surface area contributed by atoms with E-state index in [1.807, 2.05) is 19.9 Å². The van der Waals surface area contributed by atoms with E-state index in [0.717, 1.165) is 4.90 Å². The smallest absolute Gasteiger partial charge is 0.338 e. The van der Waals surface area contributed by atoms with Crippen LogP contribution in [0, 0.1) is 0 Å². The first-order valence-electron chi connectivity index (χ1n) is 10.8. The first-order valence-corrected chi connectivity index (χ1v) is 11.8. The van der Waals surface area contributed by atoms with Gasteiger partial charge in [0.1, 0.15) is 6.54 Å². The summed E-state index contributed by atoms with van der Waals surface area (Å²) >= 11 is 1.39. The SMILES string of the molecule is CCOC(=O)c1ccc(NC(=O)CN2C(=O)CSc3ccc(C(=O)N(CC)CC)cc32)cc1. The van der Waals surface area contributed by atoms with Crippen molar-refractivity contribution in [2.75, 3.05) is 42.2 Å². The Hall–Kier alpha value is -3.33. The number of hydrogen-bond acceptors (Lipinski definition) is 6. The van der Waals surface area contributed by atoms with Gasteiger partial charge in [0.25, 0.3) is 5.91 Å². The minimum atomic E-state index is -0.432. The normalized spacial score (nSPS) is 12.7. The number of ether oxygens (including phenoxy) is 1. The van der Waals surface area contributed by atoms with Gasteiger partial charge in [0.05, 0.1) is 23.6 Å². The van der Waals surface area contributed by atoms with Crippen molar-refractivity contribution in [1.29, 1.82) is 0 Å². The second kappa shape index (κ2) is 11.0. The van der Waals surface area contributed by atoms with Gasteiger partial charge in [-0.05, 0) is 63.2 Å². The molecule has 1 heterocycles. The fourth-order valence-electron chi connectivity index (χ4n) is 3.45. The predicted molar refractivity (Wildman–Crippen MR) is 128 cm³/mol. The molecular weight excluding hydrogens is 442 g/mol. The summed E-state index contributed by atoms with van der Waals surface area (Å²) in [6.45, 7) is 6.82. The van der Waals surface area contributed by atoms with E-state index in [1.165, 1.54) is 16.7 Å². The number of carbonyl (C=O) groups excluding carboxylic acids is 4. The van der Waals surface area contributed by atoms with Gasteiger partial charge < -0.3 is 19.9 Å². The molecule has 3 amide bonds. The highest BCUT2D eigenvalue weighted by molar-refractivity contribution is 8.00. The molecule has 0 aliphatic carbocycles. The number of nitrogens with zero attached hydrogens (tertiary/aromatic N) is 2. The molecule has 0 aromatic heterocycles. The zero-order valence-corrected chi connectivity index (χ0v) is 19.7. The summed E-state index contributed by atoms with van der Waals surface area (Å²) in [5.74, 6) is -0.911. The summed E-state index contributed by atoms with van der Waals surface area (Å²) in [6.07, 6.45) is 0. The van der Waals surface area contributed by atoms with Crippen LogP contribution in [0.3, 0.4) is 0 Å². The minimum Gasteiger partial charge on any atom is -0.462 e. The van der Waals surface area contributed by atoms with Crippen LogP contribution < -0.4 is 10.2 Å². The molecule has 3 rings (SSSR count). The fourth-order valence-corrected chi connectivity index (χ4v) is 4.37. The van der Waals surface area contributed by atoms with Gasteiger partial charge in [-0.3, -0.25) is 14.4 Å². The largest absolute Gasteiger partial charge is 0.462 e. The first kappa shape index (κ1) is 24.3. The molecule has 0 fully saturated rings. The zero-order chi connectivity index (χ0) is 24.0. The molecule has 9 heteroatoms. The minimum absolute atomic E-state index is 0.114. The second-order valence-electron chi connectivity index (χ2n) is 7.27. The molecule has 0 saturated heterocycles. The predicted octanol–water partition coefficient (Wildman–Crippen LogP) is 3.42. The molecule has 0 unspecified atom stereocenters. The van der Waals surface area contributed by atoms with Gasteiger partial charge in [-0.15, -0.1) is 11.8 Å². The standard InChI is InChI=1S/C24H27N3O5S/c1-4-26(5-2)23(30)17-9-12-20-19(13-17)27(22(29)15-33-20)14-21(28)25-18-10-7-16(8-11-18)24(31)32-6-3/h7-13H,4-6,14-15H2,1-3H3,(H,25,28). The Morgan fingerprint density at radius 2 is 1.70 bits per heavy atom. The monoisotopic (exact) mass is 469 g/mol. The maximum Gasteiger partial charge on any atom is 0.338 e. The lowest BCUT2D eigenvalue weighted by Gasteiger charge is -2.29. The van der Waals surface area contributed by atoms with Crippen LogP contribution in [0.1, 0.15) is 41.5 Å². The number of amides is 3. The van der Waals surface area contributed by atoms with Crippen molar-refractivity contribution in [2.45, 2.75) is 25.7 Å². The van der Waals surface area contributed by atoms with Gasteiger partial charge in [-0.1, -0.05) is 0 Å². The quantitative estimate of drug-likeness (QED) is 0.595. The highest BCUT2D eigenvalue weighted by atomic mass is 32.2. The van der Waals surface area contributed by atoms with Gasteiger partial charge in [0.15, 0.2) is 0 Å². The number of anilines is 2. The number of fused-ring (bicyclic) bond motifs is 1. The van der Waals surface area contributed by atoms with Crippen LogP contribution in [0.25, 0.3) is 0 Å². The van der Waals surface area contributed by atoms with Crippen molar-refractivity contribution >= 4 is 46.8 Å². The Labute approximate surface area is 197 Å². The average molecular weight is 470 g/mol. The third kappa shape index (κ3) is 5.73. The van der Waals surface area contributed by atoms with Crippen LogP contribution in [0.4, 0.5) is 11.4 Å². The highest BCUT2D eigenvalue weighted by Gasteiger charge is 2.28. The molecular formula is C24H27N3O5S. The number of esters is 1. The molecule has 8 nitrogen and oxygen atoms in total. The Bertz CT molecular complexity index is 1050. The average Bonchev–Trinajstić information content (AvgIpc) is 2.82. The van der Waals surface area contributed by atoms with Gasteiger partial charge in [-0.25, -0.2) is 4.79 Å². The van der Waals surface area contributed by atoms with E-state index < -0.39 is 5.97 Å². The lowest BCUT2D eigenvalue weighted by molar-refractivity contribution is -0.120. The van der Waals surface area contributed by atoms with E-state index in [-0.39, 0.29) is 36.6 Å². The molecule has 0 atom stereocenters. The summed E-state index contributed by atoms with van der Waals surface area (Å²) in [4.78, 5) is 53.8. The van der Waals surface area contributed by atoms with Crippen molar-refractivity contribution in [1.82, 2.24) is 4.90 Å². The molecule has 1 aliphatic heterocycles. The van der Waals surface area contributed by atoms with Crippen molar-refractivity contribution in [3.8, 4) is 0 Å². The second-order valence-corrected chi connectivity index (χ2v) is 8.29. The molecule has 0 saturated carbocycles. The molecule has 0 bridgehead atoms. The summed E-state index contributed by atoms with van der Waals surface area (Å²) in [7, 11) is 0. The third-order valence-corrected chi connectivity index (χ3v) is 6.23. The first-order chi connectivity index (χ1) is 15.9. The van der Waals surface area contributed by atoms with Gasteiger partial charge >= 0.3 is 5.97 Å². The van der Waals surface area contributed by atoms with Crippen LogP contribution in [0.15, 0.2) is 47.4 Å². The molecule has 2 aromatic carbocycles. The lowest BCUT2D eigenvalue weighted by Crippen LogP contribution is -2.41. The van der Waals surface area contributed by atoms with Crippen LogP contribution >= 0.6 is 11.8 Å². The van der Waals surface area contributed by atoms with Crippen molar-refractivity contribution in [3.05, 3.63) is 53.6 Å². The third-order valence-electron chi connectivity index (χ3n) is 5.18. The Balaban J connectivity index is 1.75. The van der Waals surface area contributed by atoms with E-state index in [4.69, 9.17) is 4.74 Å². The van der Waals surface area contributed by atoms with Crippen LogP contribution in [-0.2, 0) is 14.3 Å². The van der Waals surface area contributed by atoms with Crippen molar-refractivity contribution < 1.29 is 23.9 Å². The number of carbonyl (C=O) groups is 4. The summed E-state index contributed by atoms with van der Waals surface area (Å²) in [5, 5.41) is 2.75. The summed E-state index contributed by atoms with van der Waals surface area (Å²) in [5.41, 5.74) is 1.92. The molecule has 2 aromatic rings. The Kier molecular flexibility index (Phi) is 8.11. The van der Waals surface area contributed by atoms with Gasteiger partial charge in [0, 0.05) is 29.2 Å². The lowest BCUT2D eigenvalue weighted by atomic mass is 10.1. The molecule has 1 N–H and O–H groups in total. The zero-order valence-electron chi connectivity index (χ0n) is 18.9.